The summed E-state index contributed by atoms with van der Waals surface area (Å²) in [7, 11) is 0. The van der Waals surface area contributed by atoms with Crippen LogP contribution in [0.1, 0.15) is 39.5 Å². The van der Waals surface area contributed by atoms with Gasteiger partial charge >= 0.3 is 12.2 Å². The lowest BCUT2D eigenvalue weighted by Gasteiger charge is -2.33. The van der Waals surface area contributed by atoms with Crippen molar-refractivity contribution in [2.75, 3.05) is 26.2 Å². The molecule has 1 atom stereocenters. The molecule has 1 fully saturated rings. The minimum atomic E-state index is -4.08. The number of carbonyl (C=O) groups is 1. The second-order valence-corrected chi connectivity index (χ2v) is 6.02. The largest absolute Gasteiger partial charge is 0.390 e. The van der Waals surface area contributed by atoms with Crippen molar-refractivity contribution in [3.63, 3.8) is 0 Å². The fourth-order valence-corrected chi connectivity index (χ4v) is 2.58. The van der Waals surface area contributed by atoms with Crippen LogP contribution in [0.25, 0.3) is 0 Å². The SMILES string of the molecule is CC(C)NC(=O)NCC[C@H]1CCCN(CCC(F)(F)F)C1. The van der Waals surface area contributed by atoms with E-state index < -0.39 is 12.6 Å². The summed E-state index contributed by atoms with van der Waals surface area (Å²) in [6.45, 7) is 5.87. The maximum absolute atomic E-state index is 12.2. The molecule has 1 saturated heterocycles. The van der Waals surface area contributed by atoms with E-state index in [1.54, 1.807) is 0 Å². The number of piperidine rings is 1. The lowest BCUT2D eigenvalue weighted by molar-refractivity contribution is -0.138. The number of alkyl halides is 3. The molecule has 1 rings (SSSR count). The molecule has 0 radical (unpaired) electrons. The van der Waals surface area contributed by atoms with Crippen LogP contribution < -0.4 is 10.6 Å². The Morgan fingerprint density at radius 3 is 2.71 bits per heavy atom. The molecular formula is C14H26F3N3O. The molecule has 0 aliphatic carbocycles. The zero-order valence-electron chi connectivity index (χ0n) is 12.8. The number of rotatable bonds is 6. The van der Waals surface area contributed by atoms with E-state index in [-0.39, 0.29) is 18.6 Å². The van der Waals surface area contributed by atoms with Gasteiger partial charge in [0, 0.05) is 25.7 Å². The Morgan fingerprint density at radius 2 is 2.10 bits per heavy atom. The lowest BCUT2D eigenvalue weighted by Crippen LogP contribution is -2.42. The fraction of sp³-hybridized carbons (Fsp3) is 0.929. The quantitative estimate of drug-likeness (QED) is 0.792. The first-order chi connectivity index (χ1) is 9.76. The third-order valence-corrected chi connectivity index (χ3v) is 3.57. The predicted molar refractivity (Wildman–Crippen MR) is 76.1 cm³/mol. The zero-order valence-corrected chi connectivity index (χ0v) is 12.8. The summed E-state index contributed by atoms with van der Waals surface area (Å²) in [5.74, 6) is 0.367. The van der Waals surface area contributed by atoms with Crippen LogP contribution in [0.2, 0.25) is 0 Å². The third-order valence-electron chi connectivity index (χ3n) is 3.57. The summed E-state index contributed by atoms with van der Waals surface area (Å²) in [6, 6.07) is -0.0905. The van der Waals surface area contributed by atoms with Gasteiger partial charge in [-0.15, -0.1) is 0 Å². The molecule has 124 valence electrons. The molecule has 4 nitrogen and oxygen atoms in total. The Hall–Kier alpha value is -0.980. The second-order valence-electron chi connectivity index (χ2n) is 6.02. The van der Waals surface area contributed by atoms with Crippen molar-refractivity contribution >= 4 is 6.03 Å². The number of hydrogen-bond acceptors (Lipinski definition) is 2. The number of nitrogens with one attached hydrogen (secondary N) is 2. The summed E-state index contributed by atoms with van der Waals surface area (Å²) in [5, 5.41) is 5.52. The number of nitrogens with zero attached hydrogens (tertiary/aromatic N) is 1. The van der Waals surface area contributed by atoms with Crippen molar-refractivity contribution in [1.82, 2.24) is 15.5 Å². The Bertz CT molecular complexity index is 321. The normalized spacial score (nSPS) is 20.6. The van der Waals surface area contributed by atoms with Crippen LogP contribution >= 0.6 is 0 Å². The number of likely N-dealkylation sites (tertiary alicyclic amines) is 1. The van der Waals surface area contributed by atoms with Gasteiger partial charge in [-0.25, -0.2) is 4.79 Å². The van der Waals surface area contributed by atoms with Gasteiger partial charge in [-0.2, -0.15) is 13.2 Å². The molecule has 1 heterocycles. The van der Waals surface area contributed by atoms with Crippen molar-refractivity contribution in [3.05, 3.63) is 0 Å². The highest BCUT2D eigenvalue weighted by Crippen LogP contribution is 2.23. The predicted octanol–water partition coefficient (Wildman–Crippen LogP) is 2.75. The number of urea groups is 1. The molecule has 7 heteroatoms. The van der Waals surface area contributed by atoms with E-state index in [1.165, 1.54) is 0 Å². The number of amides is 2. The molecule has 0 aromatic carbocycles. The molecule has 0 aromatic rings. The fourth-order valence-electron chi connectivity index (χ4n) is 2.58. The summed E-state index contributed by atoms with van der Waals surface area (Å²) in [5.41, 5.74) is 0. The first-order valence-electron chi connectivity index (χ1n) is 7.59. The molecule has 1 aliphatic rings. The van der Waals surface area contributed by atoms with Gasteiger partial charge in [0.05, 0.1) is 6.42 Å². The van der Waals surface area contributed by atoms with E-state index in [0.29, 0.717) is 19.0 Å². The molecule has 2 amide bonds. The minimum Gasteiger partial charge on any atom is -0.338 e. The zero-order chi connectivity index (χ0) is 15.9. The van der Waals surface area contributed by atoms with Gasteiger partial charge in [0.1, 0.15) is 0 Å². The van der Waals surface area contributed by atoms with E-state index in [2.05, 4.69) is 10.6 Å². The van der Waals surface area contributed by atoms with Crippen LogP contribution in [0.5, 0.6) is 0 Å². The minimum absolute atomic E-state index is 0.0846. The third kappa shape index (κ3) is 8.80. The van der Waals surface area contributed by atoms with Crippen LogP contribution in [0, 0.1) is 5.92 Å². The molecule has 0 unspecified atom stereocenters. The monoisotopic (exact) mass is 309 g/mol. The first kappa shape index (κ1) is 18.1. The Kier molecular flexibility index (Phi) is 7.28. The highest BCUT2D eigenvalue weighted by molar-refractivity contribution is 5.73. The molecule has 0 saturated carbocycles. The molecule has 2 N–H and O–H groups in total. The standard InChI is InChI=1S/C14H26F3N3O/c1-11(2)19-13(21)18-7-5-12-4-3-8-20(10-12)9-6-14(15,16)17/h11-12H,3-10H2,1-2H3,(H2,18,19,21)/t12-/m1/s1. The van der Waals surface area contributed by atoms with E-state index >= 15 is 0 Å². The highest BCUT2D eigenvalue weighted by atomic mass is 19.4. The van der Waals surface area contributed by atoms with Crippen LogP contribution in [0.4, 0.5) is 18.0 Å². The lowest BCUT2D eigenvalue weighted by atomic mass is 9.94. The van der Waals surface area contributed by atoms with E-state index in [1.807, 2.05) is 18.7 Å². The van der Waals surface area contributed by atoms with E-state index in [9.17, 15) is 18.0 Å². The summed E-state index contributed by atoms with van der Waals surface area (Å²) in [4.78, 5) is 13.3. The maximum atomic E-state index is 12.2. The number of halogens is 3. The maximum Gasteiger partial charge on any atom is 0.390 e. The molecule has 0 bridgehead atoms. The summed E-state index contributed by atoms with van der Waals surface area (Å²) < 4.78 is 36.7. The van der Waals surface area contributed by atoms with Gasteiger partial charge < -0.3 is 15.5 Å². The van der Waals surface area contributed by atoms with Gasteiger partial charge in [-0.1, -0.05) is 0 Å². The van der Waals surface area contributed by atoms with E-state index in [0.717, 1.165) is 25.8 Å². The Labute approximate surface area is 124 Å². The molecule has 0 aromatic heterocycles. The van der Waals surface area contributed by atoms with Crippen molar-refractivity contribution in [2.45, 2.75) is 51.7 Å². The smallest absolute Gasteiger partial charge is 0.338 e. The van der Waals surface area contributed by atoms with E-state index in [4.69, 9.17) is 0 Å². The van der Waals surface area contributed by atoms with Crippen molar-refractivity contribution in [3.8, 4) is 0 Å². The molecule has 21 heavy (non-hydrogen) atoms. The first-order valence-corrected chi connectivity index (χ1v) is 7.59. The van der Waals surface area contributed by atoms with Crippen molar-refractivity contribution in [1.29, 1.82) is 0 Å². The van der Waals surface area contributed by atoms with Crippen LogP contribution in [0.3, 0.4) is 0 Å². The Balaban J connectivity index is 2.19. The summed E-state index contributed by atoms with van der Waals surface area (Å²) >= 11 is 0. The van der Waals surface area contributed by atoms with Gasteiger partial charge in [0.2, 0.25) is 0 Å². The molecule has 1 aliphatic heterocycles. The average molecular weight is 309 g/mol. The molecule has 0 spiro atoms. The summed E-state index contributed by atoms with van der Waals surface area (Å²) in [6.07, 6.45) is -2.05. The van der Waals surface area contributed by atoms with Crippen molar-refractivity contribution < 1.29 is 18.0 Å². The second kappa shape index (κ2) is 8.46. The highest BCUT2D eigenvalue weighted by Gasteiger charge is 2.29. The Morgan fingerprint density at radius 1 is 1.38 bits per heavy atom. The number of carbonyl (C=O) groups excluding carboxylic acids is 1. The average Bonchev–Trinajstić information content (AvgIpc) is 2.35. The number of hydrogen-bond donors (Lipinski definition) is 2. The topological polar surface area (TPSA) is 44.4 Å². The van der Waals surface area contributed by atoms with Gasteiger partial charge in [-0.05, 0) is 45.6 Å². The van der Waals surface area contributed by atoms with Gasteiger partial charge in [-0.3, -0.25) is 0 Å². The molecular weight excluding hydrogens is 283 g/mol. The van der Waals surface area contributed by atoms with Crippen LogP contribution in [0.15, 0.2) is 0 Å². The van der Waals surface area contributed by atoms with Crippen LogP contribution in [-0.4, -0.2) is 49.3 Å². The van der Waals surface area contributed by atoms with Gasteiger partial charge in [0.25, 0.3) is 0 Å². The van der Waals surface area contributed by atoms with Crippen molar-refractivity contribution in [2.24, 2.45) is 5.92 Å². The van der Waals surface area contributed by atoms with Gasteiger partial charge in [0.15, 0.2) is 0 Å². The van der Waals surface area contributed by atoms with Crippen LogP contribution in [-0.2, 0) is 0 Å².